The first-order valence-corrected chi connectivity index (χ1v) is 7.38. The monoisotopic (exact) mass is 337 g/mol. The van der Waals surface area contributed by atoms with Gasteiger partial charge in [0, 0.05) is 18.7 Å². The first kappa shape index (κ1) is 17.5. The minimum absolute atomic E-state index is 0. The smallest absolute Gasteiger partial charge is 0.251 e. The van der Waals surface area contributed by atoms with Gasteiger partial charge in [-0.2, -0.15) is 0 Å². The van der Waals surface area contributed by atoms with Gasteiger partial charge < -0.3 is 19.8 Å². The van der Waals surface area contributed by atoms with Crippen LogP contribution in [-0.4, -0.2) is 36.7 Å². The van der Waals surface area contributed by atoms with Crippen LogP contribution in [0.3, 0.4) is 0 Å². The highest BCUT2D eigenvalue weighted by molar-refractivity contribution is 5.85. The number of morpholine rings is 1. The van der Waals surface area contributed by atoms with Crippen molar-refractivity contribution in [3.63, 3.8) is 0 Å². The van der Waals surface area contributed by atoms with Crippen LogP contribution >= 0.6 is 12.4 Å². The molecule has 23 heavy (non-hydrogen) atoms. The predicted octanol–water partition coefficient (Wildman–Crippen LogP) is 1.93. The van der Waals surface area contributed by atoms with Crippen molar-refractivity contribution < 1.29 is 13.9 Å². The van der Waals surface area contributed by atoms with Gasteiger partial charge in [-0.05, 0) is 6.92 Å². The van der Waals surface area contributed by atoms with Crippen molar-refractivity contribution in [3.8, 4) is 11.3 Å². The zero-order valence-electron chi connectivity index (χ0n) is 12.8. The Kier molecular flexibility index (Phi) is 6.15. The Morgan fingerprint density at radius 2 is 2.17 bits per heavy atom. The fraction of sp³-hybridized carbons (Fsp3) is 0.375. The van der Waals surface area contributed by atoms with Gasteiger partial charge in [-0.25, -0.2) is 4.98 Å². The van der Waals surface area contributed by atoms with E-state index in [2.05, 4.69) is 15.6 Å². The lowest BCUT2D eigenvalue weighted by Crippen LogP contribution is -2.48. The van der Waals surface area contributed by atoms with Crippen molar-refractivity contribution in [2.45, 2.75) is 19.1 Å². The van der Waals surface area contributed by atoms with Gasteiger partial charge in [-0.3, -0.25) is 4.79 Å². The Labute approximate surface area is 141 Å². The third kappa shape index (κ3) is 4.31. The summed E-state index contributed by atoms with van der Waals surface area (Å²) in [7, 11) is 0. The van der Waals surface area contributed by atoms with E-state index in [4.69, 9.17) is 9.15 Å². The van der Waals surface area contributed by atoms with Gasteiger partial charge in [0.25, 0.3) is 5.91 Å². The normalized spacial score (nSPS) is 18.7. The standard InChI is InChI=1S/C16H19N3O3.ClH/c1-11(19-15(20)14-9-17-7-8-21-14)16-18-10-13(22-16)12-5-3-2-4-6-12;/h2-6,10-11,14,17H,7-9H2,1H3,(H,19,20);1H. The molecule has 0 spiro atoms. The third-order valence-electron chi connectivity index (χ3n) is 3.53. The Balaban J connectivity index is 0.00000192. The van der Waals surface area contributed by atoms with E-state index >= 15 is 0 Å². The number of nitrogens with zero attached hydrogens (tertiary/aromatic N) is 1. The molecule has 0 saturated carbocycles. The number of amides is 1. The van der Waals surface area contributed by atoms with Crippen LogP contribution in [0.1, 0.15) is 18.9 Å². The van der Waals surface area contributed by atoms with Crippen LogP contribution in [-0.2, 0) is 9.53 Å². The zero-order valence-corrected chi connectivity index (χ0v) is 13.6. The molecule has 1 amide bonds. The van der Waals surface area contributed by atoms with Gasteiger partial charge in [0.15, 0.2) is 5.76 Å². The second-order valence-electron chi connectivity index (χ2n) is 5.22. The van der Waals surface area contributed by atoms with Crippen LogP contribution in [0.5, 0.6) is 0 Å². The average Bonchev–Trinajstić information content (AvgIpc) is 3.06. The van der Waals surface area contributed by atoms with Crippen LogP contribution in [0.2, 0.25) is 0 Å². The number of nitrogens with one attached hydrogen (secondary N) is 2. The molecular formula is C16H20ClN3O3. The van der Waals surface area contributed by atoms with Gasteiger partial charge in [-0.15, -0.1) is 12.4 Å². The van der Waals surface area contributed by atoms with Crippen LogP contribution in [0, 0.1) is 0 Å². The molecule has 2 heterocycles. The summed E-state index contributed by atoms with van der Waals surface area (Å²) in [6.07, 6.45) is 1.21. The molecule has 2 aromatic rings. The van der Waals surface area contributed by atoms with E-state index in [0.717, 1.165) is 12.1 Å². The van der Waals surface area contributed by atoms with Crippen LogP contribution < -0.4 is 10.6 Å². The molecule has 1 saturated heterocycles. The molecule has 0 aliphatic carbocycles. The number of carbonyl (C=O) groups is 1. The maximum atomic E-state index is 12.1. The molecule has 2 atom stereocenters. The third-order valence-corrected chi connectivity index (χ3v) is 3.53. The fourth-order valence-corrected chi connectivity index (χ4v) is 2.33. The van der Waals surface area contributed by atoms with Crippen molar-refractivity contribution >= 4 is 18.3 Å². The highest BCUT2D eigenvalue weighted by Crippen LogP contribution is 2.22. The first-order chi connectivity index (χ1) is 10.7. The van der Waals surface area contributed by atoms with Crippen molar-refractivity contribution in [3.05, 3.63) is 42.4 Å². The van der Waals surface area contributed by atoms with E-state index in [1.54, 1.807) is 6.20 Å². The molecule has 0 bridgehead atoms. The van der Waals surface area contributed by atoms with Gasteiger partial charge in [0.2, 0.25) is 5.89 Å². The molecule has 1 fully saturated rings. The SMILES string of the molecule is CC(NC(=O)C1CNCCO1)c1ncc(-c2ccccc2)o1.Cl. The van der Waals surface area contributed by atoms with Crippen LogP contribution in [0.25, 0.3) is 11.3 Å². The largest absolute Gasteiger partial charge is 0.438 e. The van der Waals surface area contributed by atoms with Crippen LogP contribution in [0.15, 0.2) is 40.9 Å². The first-order valence-electron chi connectivity index (χ1n) is 7.38. The number of benzene rings is 1. The summed E-state index contributed by atoms with van der Waals surface area (Å²) >= 11 is 0. The quantitative estimate of drug-likeness (QED) is 0.891. The fourth-order valence-electron chi connectivity index (χ4n) is 2.33. The molecule has 2 unspecified atom stereocenters. The van der Waals surface area contributed by atoms with Crippen molar-refractivity contribution in [2.75, 3.05) is 19.7 Å². The Morgan fingerprint density at radius 3 is 2.87 bits per heavy atom. The molecule has 1 aromatic carbocycles. The molecular weight excluding hydrogens is 318 g/mol. The van der Waals surface area contributed by atoms with E-state index in [9.17, 15) is 4.79 Å². The van der Waals surface area contributed by atoms with Crippen molar-refractivity contribution in [2.24, 2.45) is 0 Å². The van der Waals surface area contributed by atoms with E-state index in [0.29, 0.717) is 24.8 Å². The van der Waals surface area contributed by atoms with Gasteiger partial charge in [0.1, 0.15) is 12.1 Å². The van der Waals surface area contributed by atoms with E-state index in [1.165, 1.54) is 0 Å². The number of halogens is 1. The lowest BCUT2D eigenvalue weighted by molar-refractivity contribution is -0.135. The number of aromatic nitrogens is 1. The van der Waals surface area contributed by atoms with E-state index < -0.39 is 6.10 Å². The molecule has 124 valence electrons. The number of oxazole rings is 1. The minimum atomic E-state index is -0.459. The van der Waals surface area contributed by atoms with Crippen molar-refractivity contribution in [1.82, 2.24) is 15.6 Å². The highest BCUT2D eigenvalue weighted by atomic mass is 35.5. The molecule has 3 rings (SSSR count). The molecule has 1 aromatic heterocycles. The Hall–Kier alpha value is -1.89. The number of ether oxygens (including phenoxy) is 1. The van der Waals surface area contributed by atoms with Crippen LogP contribution in [0.4, 0.5) is 0 Å². The van der Waals surface area contributed by atoms with Crippen molar-refractivity contribution in [1.29, 1.82) is 0 Å². The highest BCUT2D eigenvalue weighted by Gasteiger charge is 2.24. The predicted molar refractivity (Wildman–Crippen MR) is 88.4 cm³/mol. The number of hydrogen-bond acceptors (Lipinski definition) is 5. The summed E-state index contributed by atoms with van der Waals surface area (Å²) < 4.78 is 11.2. The average molecular weight is 338 g/mol. The summed E-state index contributed by atoms with van der Waals surface area (Å²) in [4.78, 5) is 16.4. The van der Waals surface area contributed by atoms with Gasteiger partial charge >= 0.3 is 0 Å². The van der Waals surface area contributed by atoms with Gasteiger partial charge in [-0.1, -0.05) is 30.3 Å². The second kappa shape index (κ2) is 8.10. The Morgan fingerprint density at radius 1 is 1.39 bits per heavy atom. The number of hydrogen-bond donors (Lipinski definition) is 2. The summed E-state index contributed by atoms with van der Waals surface area (Å²) in [5, 5.41) is 6.00. The zero-order chi connectivity index (χ0) is 15.4. The van der Waals surface area contributed by atoms with E-state index in [1.807, 2.05) is 37.3 Å². The maximum Gasteiger partial charge on any atom is 0.251 e. The summed E-state index contributed by atoms with van der Waals surface area (Å²) in [5.74, 6) is 1.02. The maximum absolute atomic E-state index is 12.1. The van der Waals surface area contributed by atoms with Gasteiger partial charge in [0.05, 0.1) is 12.8 Å². The molecule has 6 nitrogen and oxygen atoms in total. The summed E-state index contributed by atoms with van der Waals surface area (Å²) in [6.45, 7) is 3.69. The number of carbonyl (C=O) groups excluding carboxylic acids is 1. The minimum Gasteiger partial charge on any atom is -0.438 e. The molecule has 7 heteroatoms. The lowest BCUT2D eigenvalue weighted by Gasteiger charge is -2.23. The number of rotatable bonds is 4. The Bertz CT molecular complexity index is 627. The summed E-state index contributed by atoms with van der Waals surface area (Å²) in [5.41, 5.74) is 0.958. The lowest BCUT2D eigenvalue weighted by atomic mass is 10.2. The second-order valence-corrected chi connectivity index (χ2v) is 5.22. The molecule has 1 aliphatic rings. The summed E-state index contributed by atoms with van der Waals surface area (Å²) in [6, 6.07) is 9.42. The molecule has 2 N–H and O–H groups in total. The topological polar surface area (TPSA) is 76.4 Å². The van der Waals surface area contributed by atoms with E-state index in [-0.39, 0.29) is 24.4 Å². The molecule has 1 aliphatic heterocycles. The molecule has 0 radical (unpaired) electrons.